The summed E-state index contributed by atoms with van der Waals surface area (Å²) in [7, 11) is 0. The van der Waals surface area contributed by atoms with Crippen LogP contribution in [-0.2, 0) is 16.0 Å². The first-order valence-electron chi connectivity index (χ1n) is 6.64. The molecule has 114 valence electrons. The van der Waals surface area contributed by atoms with Crippen LogP contribution in [-0.4, -0.2) is 36.1 Å². The highest BCUT2D eigenvalue weighted by atomic mass is 16.4. The van der Waals surface area contributed by atoms with Gasteiger partial charge in [-0.1, -0.05) is 31.5 Å². The molecule has 0 unspecified atom stereocenters. The van der Waals surface area contributed by atoms with Crippen molar-refractivity contribution in [3.63, 3.8) is 0 Å². The van der Waals surface area contributed by atoms with E-state index in [1.165, 1.54) is 0 Å². The minimum Gasteiger partial charge on any atom is -0.480 e. The lowest BCUT2D eigenvalue weighted by Crippen LogP contribution is -2.40. The molecule has 4 N–H and O–H groups in total. The smallest absolute Gasteiger partial charge is 0.322 e. The monoisotopic (exact) mass is 293 g/mol. The molecule has 0 spiro atoms. The number of aliphatic carboxylic acids is 1. The lowest BCUT2D eigenvalue weighted by molar-refractivity contribution is -0.137. The fraction of sp³-hybridized carbons (Fsp3) is 0.357. The first-order chi connectivity index (χ1) is 10.0. The number of rotatable bonds is 7. The van der Waals surface area contributed by atoms with E-state index in [1.54, 1.807) is 6.07 Å². The van der Waals surface area contributed by atoms with Crippen molar-refractivity contribution in [2.24, 2.45) is 0 Å². The Morgan fingerprint density at radius 3 is 2.48 bits per heavy atom. The number of carboxylic acids is 1. The zero-order valence-electron chi connectivity index (χ0n) is 11.8. The van der Waals surface area contributed by atoms with Crippen molar-refractivity contribution in [3.8, 4) is 0 Å². The Hall–Kier alpha value is -2.57. The van der Waals surface area contributed by atoms with E-state index in [9.17, 15) is 14.4 Å². The molecule has 21 heavy (non-hydrogen) atoms. The van der Waals surface area contributed by atoms with Crippen molar-refractivity contribution in [2.45, 2.75) is 19.8 Å². The highest BCUT2D eigenvalue weighted by molar-refractivity contribution is 5.93. The molecule has 1 aromatic rings. The minimum atomic E-state index is -1.14. The van der Waals surface area contributed by atoms with Crippen molar-refractivity contribution in [1.82, 2.24) is 10.6 Å². The van der Waals surface area contributed by atoms with E-state index in [1.807, 2.05) is 25.1 Å². The van der Waals surface area contributed by atoms with E-state index < -0.39 is 24.5 Å². The van der Waals surface area contributed by atoms with Crippen LogP contribution in [0.4, 0.5) is 10.5 Å². The number of urea groups is 1. The van der Waals surface area contributed by atoms with Gasteiger partial charge < -0.3 is 21.1 Å². The van der Waals surface area contributed by atoms with Gasteiger partial charge in [0.1, 0.15) is 6.54 Å². The average Bonchev–Trinajstić information content (AvgIpc) is 2.45. The van der Waals surface area contributed by atoms with E-state index in [0.717, 1.165) is 18.4 Å². The van der Waals surface area contributed by atoms with E-state index in [0.29, 0.717) is 5.69 Å². The summed E-state index contributed by atoms with van der Waals surface area (Å²) in [5.41, 5.74) is 1.72. The van der Waals surface area contributed by atoms with Gasteiger partial charge in [0.15, 0.2) is 0 Å². The molecule has 0 bridgehead atoms. The third kappa shape index (κ3) is 6.42. The number of carbonyl (C=O) groups is 3. The first kappa shape index (κ1) is 16.5. The molecule has 0 fully saturated rings. The quantitative estimate of drug-likeness (QED) is 0.600. The largest absolute Gasteiger partial charge is 0.480 e. The van der Waals surface area contributed by atoms with Crippen molar-refractivity contribution >= 4 is 23.6 Å². The fourth-order valence-corrected chi connectivity index (χ4v) is 1.69. The third-order valence-corrected chi connectivity index (χ3v) is 2.63. The molecule has 0 saturated carbocycles. The van der Waals surface area contributed by atoms with Crippen molar-refractivity contribution in [1.29, 1.82) is 0 Å². The van der Waals surface area contributed by atoms with Crippen LogP contribution < -0.4 is 16.0 Å². The molecule has 0 aliphatic rings. The third-order valence-electron chi connectivity index (χ3n) is 2.63. The van der Waals surface area contributed by atoms with E-state index in [2.05, 4.69) is 16.0 Å². The summed E-state index contributed by atoms with van der Waals surface area (Å²) < 4.78 is 0. The molecule has 0 radical (unpaired) electrons. The number of benzene rings is 1. The molecule has 0 aromatic heterocycles. The highest BCUT2D eigenvalue weighted by Crippen LogP contribution is 2.16. The van der Waals surface area contributed by atoms with Crippen LogP contribution in [0.3, 0.4) is 0 Å². The molecule has 7 heteroatoms. The summed E-state index contributed by atoms with van der Waals surface area (Å²) in [6, 6.07) is 6.92. The zero-order chi connectivity index (χ0) is 15.7. The van der Waals surface area contributed by atoms with Gasteiger partial charge in [-0.05, 0) is 18.1 Å². The van der Waals surface area contributed by atoms with Crippen LogP contribution in [0.25, 0.3) is 0 Å². The SMILES string of the molecule is CCCc1ccccc1NC(=O)NCC(=O)NCC(=O)O. The van der Waals surface area contributed by atoms with Gasteiger partial charge in [-0.25, -0.2) is 4.79 Å². The normalized spacial score (nSPS) is 9.76. The fourth-order valence-electron chi connectivity index (χ4n) is 1.69. The number of anilines is 1. The average molecular weight is 293 g/mol. The van der Waals surface area contributed by atoms with Crippen LogP contribution in [0.2, 0.25) is 0 Å². The van der Waals surface area contributed by atoms with Crippen LogP contribution in [0.15, 0.2) is 24.3 Å². The Bertz CT molecular complexity index is 517. The second kappa shape index (κ2) is 8.57. The van der Waals surface area contributed by atoms with Gasteiger partial charge >= 0.3 is 12.0 Å². The maximum absolute atomic E-state index is 11.7. The van der Waals surface area contributed by atoms with Crippen molar-refractivity contribution in [2.75, 3.05) is 18.4 Å². The standard InChI is InChI=1S/C14H19N3O4/c1-2-5-10-6-3-4-7-11(10)17-14(21)16-8-12(18)15-9-13(19)20/h3-4,6-7H,2,5,8-9H2,1H3,(H,15,18)(H,19,20)(H2,16,17,21). The number of para-hydroxylation sites is 1. The predicted molar refractivity (Wildman–Crippen MR) is 78.1 cm³/mol. The summed E-state index contributed by atoms with van der Waals surface area (Å²) in [6.07, 6.45) is 1.80. The van der Waals surface area contributed by atoms with Gasteiger partial charge in [-0.2, -0.15) is 0 Å². The summed E-state index contributed by atoms with van der Waals surface area (Å²) in [5.74, 6) is -1.70. The Labute approximate surface area is 122 Å². The maximum atomic E-state index is 11.7. The molecule has 1 rings (SSSR count). The van der Waals surface area contributed by atoms with Gasteiger partial charge in [-0.3, -0.25) is 9.59 Å². The maximum Gasteiger partial charge on any atom is 0.322 e. The van der Waals surface area contributed by atoms with Gasteiger partial charge in [0.05, 0.1) is 6.54 Å². The molecule has 7 nitrogen and oxygen atoms in total. The second-order valence-corrected chi connectivity index (χ2v) is 4.39. The zero-order valence-corrected chi connectivity index (χ0v) is 11.8. The number of amides is 3. The molecule has 1 aromatic carbocycles. The van der Waals surface area contributed by atoms with E-state index in [-0.39, 0.29) is 6.54 Å². The van der Waals surface area contributed by atoms with Gasteiger partial charge in [-0.15, -0.1) is 0 Å². The number of aryl methyl sites for hydroxylation is 1. The number of nitrogens with one attached hydrogen (secondary N) is 3. The number of hydrogen-bond acceptors (Lipinski definition) is 3. The van der Waals surface area contributed by atoms with Crippen molar-refractivity contribution in [3.05, 3.63) is 29.8 Å². The number of carbonyl (C=O) groups excluding carboxylic acids is 2. The van der Waals surface area contributed by atoms with Gasteiger partial charge in [0.2, 0.25) is 5.91 Å². The molecule has 0 atom stereocenters. The van der Waals surface area contributed by atoms with Crippen LogP contribution >= 0.6 is 0 Å². The summed E-state index contributed by atoms with van der Waals surface area (Å²) in [5, 5.41) is 15.6. The van der Waals surface area contributed by atoms with E-state index in [4.69, 9.17) is 5.11 Å². The number of hydrogen-bond donors (Lipinski definition) is 4. The Morgan fingerprint density at radius 1 is 1.10 bits per heavy atom. The molecule has 3 amide bonds. The Morgan fingerprint density at radius 2 is 1.81 bits per heavy atom. The molecule has 0 aliphatic heterocycles. The molecule has 0 aliphatic carbocycles. The van der Waals surface area contributed by atoms with Crippen molar-refractivity contribution < 1.29 is 19.5 Å². The molecular formula is C14H19N3O4. The molecular weight excluding hydrogens is 274 g/mol. The van der Waals surface area contributed by atoms with E-state index >= 15 is 0 Å². The summed E-state index contributed by atoms with van der Waals surface area (Å²) in [6.45, 7) is 1.29. The number of carboxylic acid groups (broad SMARTS) is 1. The topological polar surface area (TPSA) is 108 Å². The molecule has 0 heterocycles. The summed E-state index contributed by atoms with van der Waals surface area (Å²) >= 11 is 0. The highest BCUT2D eigenvalue weighted by Gasteiger charge is 2.08. The lowest BCUT2D eigenvalue weighted by atomic mass is 10.1. The van der Waals surface area contributed by atoms with Crippen LogP contribution in [0, 0.1) is 0 Å². The van der Waals surface area contributed by atoms with Crippen LogP contribution in [0.1, 0.15) is 18.9 Å². The summed E-state index contributed by atoms with van der Waals surface area (Å²) in [4.78, 5) is 33.2. The van der Waals surface area contributed by atoms with Gasteiger partial charge in [0.25, 0.3) is 0 Å². The Balaban J connectivity index is 2.43. The minimum absolute atomic E-state index is 0.283. The van der Waals surface area contributed by atoms with Crippen LogP contribution in [0.5, 0.6) is 0 Å². The molecule has 0 saturated heterocycles. The first-order valence-corrected chi connectivity index (χ1v) is 6.64. The van der Waals surface area contributed by atoms with Gasteiger partial charge in [0, 0.05) is 5.69 Å². The lowest BCUT2D eigenvalue weighted by Gasteiger charge is -2.11. The second-order valence-electron chi connectivity index (χ2n) is 4.39. The predicted octanol–water partition coefficient (Wildman–Crippen LogP) is 0.961. The Kier molecular flexibility index (Phi) is 6.73.